The third-order valence-corrected chi connectivity index (χ3v) is 5.08. The van der Waals surface area contributed by atoms with Gasteiger partial charge < -0.3 is 14.2 Å². The standard InChI is InChI=1S/C27H31BrN2O3/c1-26(2,17-27(3,4)28)18-32-24-16-22-21(15-23(24)31-5)25(30-19-29-22)33-20-13-11-9-7-6-8-10-12-14-20/h6-16,19H,17-18H2,1-5H3. The second kappa shape index (κ2) is 10.8. The van der Waals surface area contributed by atoms with Gasteiger partial charge in [-0.25, -0.2) is 9.97 Å². The number of hydrogen-bond donors (Lipinski definition) is 0. The minimum absolute atomic E-state index is 0.0291. The molecular weight excluding hydrogens is 480 g/mol. The minimum atomic E-state index is -0.0291. The molecule has 0 N–H and O–H groups in total. The Labute approximate surface area is 204 Å². The van der Waals surface area contributed by atoms with E-state index in [0.717, 1.165) is 17.3 Å². The van der Waals surface area contributed by atoms with Gasteiger partial charge in [-0.05, 0) is 24.6 Å². The molecule has 3 aromatic rings. The Hall–Kier alpha value is -2.86. The number of rotatable bonds is 8. The van der Waals surface area contributed by atoms with Crippen LogP contribution in [0.25, 0.3) is 10.9 Å². The molecular formula is C27H31BrN2O3. The van der Waals surface area contributed by atoms with Crippen LogP contribution in [0, 0.1) is 5.41 Å². The fourth-order valence-electron chi connectivity index (χ4n) is 3.71. The van der Waals surface area contributed by atoms with Crippen molar-refractivity contribution in [3.8, 4) is 23.1 Å². The third-order valence-electron chi connectivity index (χ3n) is 4.80. The lowest BCUT2D eigenvalue weighted by molar-refractivity contribution is 0.157. The smallest absolute Gasteiger partial charge is 0.230 e. The molecule has 2 aromatic carbocycles. The lowest BCUT2D eigenvalue weighted by Crippen LogP contribution is -2.29. The van der Waals surface area contributed by atoms with Crippen LogP contribution in [0.1, 0.15) is 34.1 Å². The summed E-state index contributed by atoms with van der Waals surface area (Å²) in [7, 11) is 1.63. The zero-order chi connectivity index (χ0) is 23.9. The highest BCUT2D eigenvalue weighted by atomic mass is 79.9. The Morgan fingerprint density at radius 3 is 2.09 bits per heavy atom. The van der Waals surface area contributed by atoms with Crippen LogP contribution < -0.4 is 14.2 Å². The van der Waals surface area contributed by atoms with Crippen molar-refractivity contribution in [2.24, 2.45) is 5.41 Å². The highest BCUT2D eigenvalue weighted by Crippen LogP contribution is 2.38. The Morgan fingerprint density at radius 1 is 0.848 bits per heavy atom. The zero-order valence-electron chi connectivity index (χ0n) is 19.8. The van der Waals surface area contributed by atoms with Gasteiger partial charge in [-0.2, -0.15) is 0 Å². The van der Waals surface area contributed by atoms with Crippen molar-refractivity contribution in [2.45, 2.75) is 38.4 Å². The van der Waals surface area contributed by atoms with E-state index in [1.54, 1.807) is 7.11 Å². The second-order valence-corrected chi connectivity index (χ2v) is 11.4. The van der Waals surface area contributed by atoms with Crippen LogP contribution in [0.15, 0.2) is 73.1 Å². The fourth-order valence-corrected chi connectivity index (χ4v) is 4.47. The molecule has 0 radical (unpaired) electrons. The molecule has 1 heterocycles. The average Bonchev–Trinajstić information content (AvgIpc) is 2.74. The summed E-state index contributed by atoms with van der Waals surface area (Å²) in [5.41, 5.74) is 0.691. The number of aromatic nitrogens is 2. The maximum atomic E-state index is 6.20. The van der Waals surface area contributed by atoms with Crippen molar-refractivity contribution in [1.29, 1.82) is 0 Å². The van der Waals surface area contributed by atoms with Crippen LogP contribution >= 0.6 is 15.9 Å². The molecule has 3 rings (SSSR count). The van der Waals surface area contributed by atoms with E-state index in [2.05, 4.69) is 53.6 Å². The van der Waals surface area contributed by atoms with Gasteiger partial charge in [0.2, 0.25) is 5.88 Å². The van der Waals surface area contributed by atoms with Crippen LogP contribution in [0.2, 0.25) is 0 Å². The summed E-state index contributed by atoms with van der Waals surface area (Å²) >= 11 is 3.74. The molecule has 0 amide bonds. The van der Waals surface area contributed by atoms with Crippen molar-refractivity contribution in [3.63, 3.8) is 0 Å². The molecule has 5 nitrogen and oxygen atoms in total. The lowest BCUT2D eigenvalue weighted by Gasteiger charge is -2.31. The quantitative estimate of drug-likeness (QED) is 0.293. The van der Waals surface area contributed by atoms with Gasteiger partial charge in [-0.3, -0.25) is 0 Å². The van der Waals surface area contributed by atoms with E-state index in [4.69, 9.17) is 14.2 Å². The number of ether oxygens (including phenoxy) is 3. The van der Waals surface area contributed by atoms with Gasteiger partial charge >= 0.3 is 0 Å². The summed E-state index contributed by atoms with van der Waals surface area (Å²) in [6, 6.07) is 21.1. The van der Waals surface area contributed by atoms with Crippen LogP contribution in [-0.4, -0.2) is 28.0 Å². The van der Waals surface area contributed by atoms with E-state index in [9.17, 15) is 0 Å². The zero-order valence-corrected chi connectivity index (χ0v) is 21.4. The summed E-state index contributed by atoms with van der Waals surface area (Å²) in [4.78, 5) is 8.79. The van der Waals surface area contributed by atoms with Gasteiger partial charge in [0.1, 0.15) is 12.1 Å². The number of fused-ring (bicyclic) bond motifs is 1. The predicted molar refractivity (Wildman–Crippen MR) is 137 cm³/mol. The Balaban J connectivity index is 1.92. The van der Waals surface area contributed by atoms with Gasteiger partial charge in [0.05, 0.1) is 24.6 Å². The molecule has 0 saturated heterocycles. The normalized spacial score (nSPS) is 11.6. The van der Waals surface area contributed by atoms with E-state index < -0.39 is 0 Å². The van der Waals surface area contributed by atoms with E-state index in [0.29, 0.717) is 29.7 Å². The molecule has 174 valence electrons. The van der Waals surface area contributed by atoms with E-state index in [-0.39, 0.29) is 9.74 Å². The number of alkyl halides is 1. The molecule has 0 saturated carbocycles. The largest absolute Gasteiger partial charge is 0.493 e. The molecule has 6 heteroatoms. The maximum absolute atomic E-state index is 6.20. The van der Waals surface area contributed by atoms with Gasteiger partial charge in [0, 0.05) is 15.8 Å². The average molecular weight is 511 g/mol. The molecule has 0 bridgehead atoms. The Bertz CT molecular complexity index is 1120. The molecule has 1 aromatic heterocycles. The fraction of sp³-hybridized carbons (Fsp3) is 0.333. The van der Waals surface area contributed by atoms with Gasteiger partial charge in [-0.15, -0.1) is 0 Å². The van der Waals surface area contributed by atoms with Crippen molar-refractivity contribution in [1.82, 2.24) is 9.97 Å². The summed E-state index contributed by atoms with van der Waals surface area (Å²) < 4.78 is 18.0. The summed E-state index contributed by atoms with van der Waals surface area (Å²) in [5, 5.41) is 0.744. The first-order chi connectivity index (χ1) is 15.7. The van der Waals surface area contributed by atoms with Crippen LogP contribution in [0.5, 0.6) is 23.1 Å². The number of benzene rings is 1. The number of methoxy groups -OCH3 is 1. The highest BCUT2D eigenvalue weighted by Gasteiger charge is 2.28. The van der Waals surface area contributed by atoms with Crippen molar-refractivity contribution < 1.29 is 14.2 Å². The lowest BCUT2D eigenvalue weighted by atomic mass is 9.85. The van der Waals surface area contributed by atoms with Crippen LogP contribution in [0.3, 0.4) is 0 Å². The monoisotopic (exact) mass is 510 g/mol. The first-order valence-electron chi connectivity index (χ1n) is 10.9. The van der Waals surface area contributed by atoms with Crippen LogP contribution in [-0.2, 0) is 0 Å². The molecule has 0 atom stereocenters. The summed E-state index contributed by atoms with van der Waals surface area (Å²) in [6.45, 7) is 9.26. The minimum Gasteiger partial charge on any atom is -0.493 e. The Kier molecular flexibility index (Phi) is 8.14. The van der Waals surface area contributed by atoms with E-state index in [1.807, 2.05) is 66.7 Å². The second-order valence-electron chi connectivity index (χ2n) is 9.23. The summed E-state index contributed by atoms with van der Waals surface area (Å²) in [6.07, 6.45) is 2.45. The molecule has 0 aliphatic carbocycles. The van der Waals surface area contributed by atoms with Crippen molar-refractivity contribution in [2.75, 3.05) is 13.7 Å². The molecule has 0 aliphatic rings. The maximum Gasteiger partial charge on any atom is 0.230 e. The van der Waals surface area contributed by atoms with Gasteiger partial charge in [0.25, 0.3) is 0 Å². The Morgan fingerprint density at radius 2 is 1.48 bits per heavy atom. The van der Waals surface area contributed by atoms with E-state index >= 15 is 0 Å². The van der Waals surface area contributed by atoms with Crippen molar-refractivity contribution >= 4 is 26.8 Å². The molecule has 33 heavy (non-hydrogen) atoms. The van der Waals surface area contributed by atoms with Crippen molar-refractivity contribution in [3.05, 3.63) is 73.1 Å². The summed E-state index contributed by atoms with van der Waals surface area (Å²) in [5.74, 6) is 2.36. The number of hydrogen-bond acceptors (Lipinski definition) is 5. The third kappa shape index (κ3) is 7.60. The van der Waals surface area contributed by atoms with Gasteiger partial charge in [0.15, 0.2) is 11.5 Å². The van der Waals surface area contributed by atoms with E-state index in [1.165, 1.54) is 6.33 Å². The van der Waals surface area contributed by atoms with Crippen LogP contribution in [0.4, 0.5) is 0 Å². The molecule has 0 unspecified atom stereocenters. The predicted octanol–water partition coefficient (Wildman–Crippen LogP) is 7.52. The molecule has 0 spiro atoms. The molecule has 0 fully saturated rings. The topological polar surface area (TPSA) is 53.5 Å². The number of nitrogens with zero attached hydrogens (tertiary/aromatic N) is 2. The number of halogens is 1. The molecule has 0 aliphatic heterocycles. The first kappa shape index (κ1) is 24.8. The van der Waals surface area contributed by atoms with Gasteiger partial charge in [-0.1, -0.05) is 86.1 Å². The first-order valence-corrected chi connectivity index (χ1v) is 11.7. The SMILES string of the molecule is COc1cc2c(Oc3ccccccccc3)ncnc2cc1OCC(C)(C)CC(C)(C)Br. The highest BCUT2D eigenvalue weighted by molar-refractivity contribution is 9.10.